The van der Waals surface area contributed by atoms with Gasteiger partial charge in [0.15, 0.2) is 5.82 Å². The summed E-state index contributed by atoms with van der Waals surface area (Å²) in [5, 5.41) is 6.68. The molecule has 7 nitrogen and oxygen atoms in total. The Morgan fingerprint density at radius 1 is 1.33 bits per heavy atom. The summed E-state index contributed by atoms with van der Waals surface area (Å²) in [4.78, 5) is 18.2. The van der Waals surface area contributed by atoms with Crippen molar-refractivity contribution in [3.63, 3.8) is 0 Å². The zero-order chi connectivity index (χ0) is 17.5. The molecule has 0 radical (unpaired) electrons. The first-order chi connectivity index (χ1) is 11.5. The van der Waals surface area contributed by atoms with Gasteiger partial charge in [-0.1, -0.05) is 17.3 Å². The highest BCUT2D eigenvalue weighted by atomic mass is 16.5. The molecule has 2 rings (SSSR count). The van der Waals surface area contributed by atoms with Crippen molar-refractivity contribution >= 4 is 5.91 Å². The highest BCUT2D eigenvalue weighted by Crippen LogP contribution is 2.20. The van der Waals surface area contributed by atoms with Crippen LogP contribution in [0.1, 0.15) is 29.7 Å². The number of likely N-dealkylation sites (N-methyl/N-ethyl adjacent to an activating group) is 1. The number of ether oxygens (including phenoxy) is 1. The molecule has 0 aliphatic heterocycles. The molecule has 0 fully saturated rings. The van der Waals surface area contributed by atoms with Crippen molar-refractivity contribution in [1.82, 2.24) is 20.4 Å². The molecule has 7 heteroatoms. The maximum Gasteiger partial charge on any atom is 0.227 e. The number of carbonyl (C=O) groups excluding carboxylic acids is 1. The Morgan fingerprint density at radius 3 is 2.58 bits per heavy atom. The molecule has 0 aliphatic carbocycles. The number of rotatable bonds is 8. The molecule has 1 aromatic heterocycles. The third-order valence-corrected chi connectivity index (χ3v) is 3.75. The number of benzene rings is 1. The smallest absolute Gasteiger partial charge is 0.227 e. The fraction of sp³-hybridized carbons (Fsp3) is 0.471. The van der Waals surface area contributed by atoms with Crippen LogP contribution in [0.15, 0.2) is 28.8 Å². The molecule has 1 amide bonds. The van der Waals surface area contributed by atoms with Gasteiger partial charge >= 0.3 is 0 Å². The van der Waals surface area contributed by atoms with Crippen LogP contribution in [0, 0.1) is 6.92 Å². The largest absolute Gasteiger partial charge is 0.497 e. The van der Waals surface area contributed by atoms with Crippen molar-refractivity contribution in [3.8, 4) is 5.75 Å². The number of methoxy groups -OCH3 is 1. The van der Waals surface area contributed by atoms with E-state index in [4.69, 9.17) is 9.26 Å². The molecule has 0 saturated carbocycles. The number of carbonyl (C=O) groups is 1. The molecule has 1 atom stereocenters. The van der Waals surface area contributed by atoms with E-state index in [0.717, 1.165) is 11.3 Å². The van der Waals surface area contributed by atoms with E-state index < -0.39 is 0 Å². The lowest BCUT2D eigenvalue weighted by Gasteiger charge is -2.25. The normalized spacial score (nSPS) is 12.2. The minimum Gasteiger partial charge on any atom is -0.497 e. The number of nitrogens with zero attached hydrogens (tertiary/aromatic N) is 3. The number of hydrogen-bond donors (Lipinski definition) is 1. The van der Waals surface area contributed by atoms with Gasteiger partial charge in [-0.2, -0.15) is 4.98 Å². The first-order valence-electron chi connectivity index (χ1n) is 7.86. The second kappa shape index (κ2) is 8.44. The third-order valence-electron chi connectivity index (χ3n) is 3.75. The monoisotopic (exact) mass is 332 g/mol. The van der Waals surface area contributed by atoms with Gasteiger partial charge in [-0.25, -0.2) is 0 Å². The van der Waals surface area contributed by atoms with Crippen LogP contribution in [0.3, 0.4) is 0 Å². The van der Waals surface area contributed by atoms with Gasteiger partial charge in [0.1, 0.15) is 5.75 Å². The summed E-state index contributed by atoms with van der Waals surface area (Å²) in [5.41, 5.74) is 1.12. The Bertz CT molecular complexity index is 652. The molecule has 1 N–H and O–H groups in total. The lowest BCUT2D eigenvalue weighted by molar-refractivity contribution is -0.121. The van der Waals surface area contributed by atoms with Gasteiger partial charge in [0.25, 0.3) is 0 Å². The molecule has 1 heterocycles. The maximum absolute atomic E-state index is 12.0. The summed E-state index contributed by atoms with van der Waals surface area (Å²) in [7, 11) is 5.62. The van der Waals surface area contributed by atoms with Crippen LogP contribution in [0.25, 0.3) is 0 Å². The minimum atomic E-state index is -0.0359. The van der Waals surface area contributed by atoms with Gasteiger partial charge in [-0.3, -0.25) is 4.79 Å². The van der Waals surface area contributed by atoms with Crippen molar-refractivity contribution in [2.75, 3.05) is 27.7 Å². The van der Waals surface area contributed by atoms with Gasteiger partial charge in [-0.05, 0) is 38.7 Å². The molecule has 2 aromatic rings. The summed E-state index contributed by atoms with van der Waals surface area (Å²) in [6, 6.07) is 7.95. The molecule has 0 spiro atoms. The van der Waals surface area contributed by atoms with E-state index in [9.17, 15) is 4.79 Å². The fourth-order valence-corrected chi connectivity index (χ4v) is 2.39. The first kappa shape index (κ1) is 17.9. The fourth-order valence-electron chi connectivity index (χ4n) is 2.39. The molecule has 0 saturated heterocycles. The van der Waals surface area contributed by atoms with Gasteiger partial charge in [-0.15, -0.1) is 0 Å². The molecule has 0 aliphatic rings. The Kier molecular flexibility index (Phi) is 6.31. The van der Waals surface area contributed by atoms with Crippen LogP contribution in [0.2, 0.25) is 0 Å². The van der Waals surface area contributed by atoms with E-state index in [0.29, 0.717) is 31.1 Å². The predicted octanol–water partition coefficient (Wildman–Crippen LogP) is 1.74. The zero-order valence-corrected chi connectivity index (χ0v) is 14.6. The van der Waals surface area contributed by atoms with Crippen LogP contribution in [0.4, 0.5) is 0 Å². The first-order valence-corrected chi connectivity index (χ1v) is 7.86. The topological polar surface area (TPSA) is 80.5 Å². The quantitative estimate of drug-likeness (QED) is 0.793. The van der Waals surface area contributed by atoms with E-state index >= 15 is 0 Å². The maximum atomic E-state index is 12.0. The number of aromatic nitrogens is 2. The minimum absolute atomic E-state index is 0.0359. The van der Waals surface area contributed by atoms with E-state index in [1.54, 1.807) is 14.0 Å². The van der Waals surface area contributed by atoms with E-state index in [2.05, 4.69) is 20.4 Å². The van der Waals surface area contributed by atoms with Crippen LogP contribution in [-0.4, -0.2) is 48.7 Å². The zero-order valence-electron chi connectivity index (χ0n) is 14.6. The van der Waals surface area contributed by atoms with E-state index in [1.165, 1.54) is 0 Å². The Labute approximate surface area is 142 Å². The molecule has 130 valence electrons. The molecule has 1 aromatic carbocycles. The Morgan fingerprint density at radius 2 is 2.04 bits per heavy atom. The number of nitrogens with one attached hydrogen (secondary N) is 1. The Hall–Kier alpha value is -2.41. The average molecular weight is 332 g/mol. The van der Waals surface area contributed by atoms with Crippen LogP contribution in [-0.2, 0) is 11.2 Å². The van der Waals surface area contributed by atoms with Crippen molar-refractivity contribution in [1.29, 1.82) is 0 Å². The van der Waals surface area contributed by atoms with E-state index in [-0.39, 0.29) is 11.9 Å². The number of amides is 1. The third kappa shape index (κ3) is 5.06. The highest BCUT2D eigenvalue weighted by molar-refractivity contribution is 5.76. The molecule has 1 unspecified atom stereocenters. The summed E-state index contributed by atoms with van der Waals surface area (Å²) < 4.78 is 10.2. The van der Waals surface area contributed by atoms with Gasteiger partial charge in [0.05, 0.1) is 13.2 Å². The highest BCUT2D eigenvalue weighted by Gasteiger charge is 2.16. The number of aryl methyl sites for hydroxylation is 2. The molecular weight excluding hydrogens is 308 g/mol. The number of hydrogen-bond acceptors (Lipinski definition) is 6. The van der Waals surface area contributed by atoms with Crippen LogP contribution < -0.4 is 10.1 Å². The van der Waals surface area contributed by atoms with Crippen molar-refractivity contribution in [2.45, 2.75) is 25.8 Å². The second-order valence-electron chi connectivity index (χ2n) is 5.79. The lowest BCUT2D eigenvalue weighted by Crippen LogP contribution is -2.34. The predicted molar refractivity (Wildman–Crippen MR) is 89.8 cm³/mol. The SMILES string of the molecule is COc1ccc(C(CNC(=O)CCc2nc(C)no2)N(C)C)cc1. The van der Waals surface area contributed by atoms with E-state index in [1.807, 2.05) is 38.4 Å². The molecular formula is C17H24N4O3. The van der Waals surface area contributed by atoms with Crippen LogP contribution in [0.5, 0.6) is 5.75 Å². The average Bonchev–Trinajstić information content (AvgIpc) is 2.99. The lowest BCUT2D eigenvalue weighted by atomic mass is 10.1. The van der Waals surface area contributed by atoms with Crippen molar-refractivity contribution in [2.24, 2.45) is 0 Å². The van der Waals surface area contributed by atoms with Crippen LogP contribution >= 0.6 is 0 Å². The van der Waals surface area contributed by atoms with Gasteiger partial charge in [0, 0.05) is 19.4 Å². The molecule has 24 heavy (non-hydrogen) atoms. The Balaban J connectivity index is 1.87. The van der Waals surface area contributed by atoms with Crippen molar-refractivity contribution in [3.05, 3.63) is 41.5 Å². The van der Waals surface area contributed by atoms with Crippen molar-refractivity contribution < 1.29 is 14.1 Å². The second-order valence-corrected chi connectivity index (χ2v) is 5.79. The summed E-state index contributed by atoms with van der Waals surface area (Å²) in [5.74, 6) is 1.85. The standard InChI is InChI=1S/C17H24N4O3/c1-12-19-17(24-20-12)10-9-16(22)18-11-15(21(2)3)13-5-7-14(23-4)8-6-13/h5-8,15H,9-11H2,1-4H3,(H,18,22). The summed E-state index contributed by atoms with van der Waals surface area (Å²) in [6.07, 6.45) is 0.770. The van der Waals surface area contributed by atoms with Gasteiger partial charge in [0.2, 0.25) is 11.8 Å². The molecule has 0 bridgehead atoms. The summed E-state index contributed by atoms with van der Waals surface area (Å²) in [6.45, 7) is 2.28. The summed E-state index contributed by atoms with van der Waals surface area (Å²) >= 11 is 0. The van der Waals surface area contributed by atoms with Gasteiger partial charge < -0.3 is 19.5 Å².